The van der Waals surface area contributed by atoms with Gasteiger partial charge in [0.2, 0.25) is 0 Å². The van der Waals surface area contributed by atoms with Crippen molar-refractivity contribution in [3.05, 3.63) is 40.9 Å². The highest BCUT2D eigenvalue weighted by molar-refractivity contribution is 7.14. The van der Waals surface area contributed by atoms with Gasteiger partial charge in [0.05, 0.1) is 12.8 Å². The number of nitrogens with one attached hydrogen (secondary N) is 1. The first-order valence-corrected chi connectivity index (χ1v) is 5.74. The summed E-state index contributed by atoms with van der Waals surface area (Å²) < 4.78 is 30.5. The molecule has 1 N–H and O–H groups in total. The highest BCUT2D eigenvalue weighted by atomic mass is 32.1. The molecule has 4 nitrogen and oxygen atoms in total. The number of aromatic nitrogens is 1. The first-order chi connectivity index (χ1) is 8.60. The summed E-state index contributed by atoms with van der Waals surface area (Å²) in [6, 6.07) is 3.14. The van der Waals surface area contributed by atoms with E-state index < -0.39 is 17.6 Å². The number of rotatable bonds is 3. The van der Waals surface area contributed by atoms with Crippen LogP contribution in [0.2, 0.25) is 0 Å². The van der Waals surface area contributed by atoms with Crippen LogP contribution < -0.4 is 5.32 Å². The lowest BCUT2D eigenvalue weighted by Crippen LogP contribution is -2.02. The molecule has 2 rings (SSSR count). The zero-order valence-electron chi connectivity index (χ0n) is 9.24. The molecule has 0 amide bonds. The van der Waals surface area contributed by atoms with Gasteiger partial charge in [-0.3, -0.25) is 0 Å². The SMILES string of the molecule is COC(=O)c1csc(Nc2ccc(F)cc2F)n1. The number of halogens is 2. The van der Waals surface area contributed by atoms with Crippen LogP contribution in [0.15, 0.2) is 23.6 Å². The Bertz CT molecular complexity index is 586. The average molecular weight is 270 g/mol. The number of hydrogen-bond acceptors (Lipinski definition) is 5. The van der Waals surface area contributed by atoms with Crippen molar-refractivity contribution in [2.75, 3.05) is 12.4 Å². The minimum atomic E-state index is -0.732. The lowest BCUT2D eigenvalue weighted by Gasteiger charge is -2.03. The molecule has 1 aromatic carbocycles. The molecule has 2 aromatic rings. The number of benzene rings is 1. The van der Waals surface area contributed by atoms with Gasteiger partial charge in [0.1, 0.15) is 11.6 Å². The van der Waals surface area contributed by atoms with Crippen LogP contribution in [0.25, 0.3) is 0 Å². The van der Waals surface area contributed by atoms with E-state index in [-0.39, 0.29) is 11.4 Å². The van der Waals surface area contributed by atoms with Crippen LogP contribution in [-0.2, 0) is 4.74 Å². The molecule has 0 radical (unpaired) electrons. The van der Waals surface area contributed by atoms with Crippen molar-refractivity contribution in [1.29, 1.82) is 0 Å². The van der Waals surface area contributed by atoms with Gasteiger partial charge in [-0.05, 0) is 12.1 Å². The van der Waals surface area contributed by atoms with Crippen molar-refractivity contribution < 1.29 is 18.3 Å². The normalized spacial score (nSPS) is 10.2. The van der Waals surface area contributed by atoms with Gasteiger partial charge in [0.15, 0.2) is 10.8 Å². The van der Waals surface area contributed by atoms with Crippen LogP contribution in [-0.4, -0.2) is 18.1 Å². The molecule has 94 valence electrons. The molecule has 0 aliphatic carbocycles. The van der Waals surface area contributed by atoms with Crippen molar-refractivity contribution in [2.45, 2.75) is 0 Å². The lowest BCUT2D eigenvalue weighted by atomic mass is 10.3. The largest absolute Gasteiger partial charge is 0.464 e. The summed E-state index contributed by atoms with van der Waals surface area (Å²) >= 11 is 1.12. The van der Waals surface area contributed by atoms with E-state index in [1.807, 2.05) is 0 Å². The van der Waals surface area contributed by atoms with Gasteiger partial charge in [0, 0.05) is 11.4 Å². The third kappa shape index (κ3) is 2.62. The summed E-state index contributed by atoms with van der Waals surface area (Å²) in [6.45, 7) is 0. The Balaban J connectivity index is 2.18. The van der Waals surface area contributed by atoms with Crippen LogP contribution in [0, 0.1) is 11.6 Å². The fourth-order valence-corrected chi connectivity index (χ4v) is 1.93. The van der Waals surface area contributed by atoms with Gasteiger partial charge in [-0.15, -0.1) is 11.3 Å². The van der Waals surface area contributed by atoms with Crippen LogP contribution >= 0.6 is 11.3 Å². The van der Waals surface area contributed by atoms with Crippen molar-refractivity contribution in [2.24, 2.45) is 0 Å². The zero-order valence-corrected chi connectivity index (χ0v) is 10.1. The fourth-order valence-electron chi connectivity index (χ4n) is 1.24. The molecule has 0 aliphatic heterocycles. The highest BCUT2D eigenvalue weighted by Crippen LogP contribution is 2.23. The smallest absolute Gasteiger partial charge is 0.357 e. The molecular weight excluding hydrogens is 262 g/mol. The summed E-state index contributed by atoms with van der Waals surface area (Å²) in [5.74, 6) is -1.96. The minimum Gasteiger partial charge on any atom is -0.464 e. The topological polar surface area (TPSA) is 51.2 Å². The van der Waals surface area contributed by atoms with Crippen molar-refractivity contribution >= 4 is 28.1 Å². The van der Waals surface area contributed by atoms with Gasteiger partial charge >= 0.3 is 5.97 Å². The molecule has 1 heterocycles. The van der Waals surface area contributed by atoms with Crippen LogP contribution in [0.4, 0.5) is 19.6 Å². The molecule has 18 heavy (non-hydrogen) atoms. The number of carbonyl (C=O) groups is 1. The highest BCUT2D eigenvalue weighted by Gasteiger charge is 2.12. The summed E-state index contributed by atoms with van der Waals surface area (Å²) in [7, 11) is 1.24. The second-order valence-corrected chi connectivity index (χ2v) is 4.14. The van der Waals surface area contributed by atoms with Crippen LogP contribution in [0.3, 0.4) is 0 Å². The molecule has 7 heteroatoms. The van der Waals surface area contributed by atoms with Crippen molar-refractivity contribution in [3.63, 3.8) is 0 Å². The Hall–Kier alpha value is -2.02. The van der Waals surface area contributed by atoms with E-state index in [9.17, 15) is 13.6 Å². The second-order valence-electron chi connectivity index (χ2n) is 3.28. The number of carbonyl (C=O) groups excluding carboxylic acids is 1. The summed E-state index contributed by atoms with van der Waals surface area (Å²) in [5, 5.41) is 4.46. The molecule has 0 saturated heterocycles. The Labute approximate surface area is 105 Å². The van der Waals surface area contributed by atoms with Crippen LogP contribution in [0.5, 0.6) is 0 Å². The number of hydrogen-bond donors (Lipinski definition) is 1. The van der Waals surface area contributed by atoms with E-state index >= 15 is 0 Å². The van der Waals surface area contributed by atoms with E-state index in [0.717, 1.165) is 23.5 Å². The molecular formula is C11H8F2N2O2S. The molecule has 0 spiro atoms. The predicted molar refractivity (Wildman–Crippen MR) is 63.1 cm³/mol. The number of thiazole rings is 1. The Morgan fingerprint density at radius 1 is 1.44 bits per heavy atom. The first-order valence-electron chi connectivity index (χ1n) is 4.86. The summed E-state index contributed by atoms with van der Waals surface area (Å²) in [4.78, 5) is 15.1. The lowest BCUT2D eigenvalue weighted by molar-refractivity contribution is 0.0595. The molecule has 0 fully saturated rings. The molecule has 0 bridgehead atoms. The minimum absolute atomic E-state index is 0.0853. The number of ether oxygens (including phenoxy) is 1. The molecule has 0 atom stereocenters. The van der Waals surface area contributed by atoms with Gasteiger partial charge in [-0.25, -0.2) is 18.6 Å². The predicted octanol–water partition coefficient (Wildman–Crippen LogP) is 2.95. The molecule has 0 unspecified atom stereocenters. The quantitative estimate of drug-likeness (QED) is 0.871. The molecule has 0 aliphatic rings. The molecule has 0 saturated carbocycles. The maximum Gasteiger partial charge on any atom is 0.357 e. The maximum atomic E-state index is 13.4. The average Bonchev–Trinajstić information content (AvgIpc) is 2.80. The van der Waals surface area contributed by atoms with Crippen molar-refractivity contribution in [3.8, 4) is 0 Å². The Morgan fingerprint density at radius 2 is 2.22 bits per heavy atom. The van der Waals surface area contributed by atoms with E-state index in [2.05, 4.69) is 15.0 Å². The summed E-state index contributed by atoms with van der Waals surface area (Å²) in [5.41, 5.74) is 0.217. The fraction of sp³-hybridized carbons (Fsp3) is 0.0909. The standard InChI is InChI=1S/C11H8F2N2O2S/c1-17-10(16)9-5-18-11(15-9)14-8-3-2-6(12)4-7(8)13/h2-5H,1H3,(H,14,15). The second kappa shape index (κ2) is 5.09. The van der Waals surface area contributed by atoms with E-state index in [4.69, 9.17) is 0 Å². The van der Waals surface area contributed by atoms with Gasteiger partial charge in [-0.2, -0.15) is 0 Å². The van der Waals surface area contributed by atoms with Gasteiger partial charge in [0.25, 0.3) is 0 Å². The maximum absolute atomic E-state index is 13.4. The number of methoxy groups -OCH3 is 1. The zero-order chi connectivity index (χ0) is 13.1. The number of nitrogens with zero attached hydrogens (tertiary/aromatic N) is 1. The first kappa shape index (κ1) is 12.4. The number of esters is 1. The van der Waals surface area contributed by atoms with E-state index in [1.54, 1.807) is 0 Å². The Kier molecular flexibility index (Phi) is 3.52. The Morgan fingerprint density at radius 3 is 2.89 bits per heavy atom. The van der Waals surface area contributed by atoms with E-state index in [0.29, 0.717) is 5.13 Å². The van der Waals surface area contributed by atoms with Crippen molar-refractivity contribution in [1.82, 2.24) is 4.98 Å². The monoisotopic (exact) mass is 270 g/mol. The van der Waals surface area contributed by atoms with E-state index in [1.165, 1.54) is 18.6 Å². The molecule has 1 aromatic heterocycles. The van der Waals surface area contributed by atoms with Crippen LogP contribution in [0.1, 0.15) is 10.5 Å². The third-order valence-corrected chi connectivity index (χ3v) is 2.83. The number of anilines is 2. The van der Waals surface area contributed by atoms with Gasteiger partial charge < -0.3 is 10.1 Å². The van der Waals surface area contributed by atoms with Gasteiger partial charge in [-0.1, -0.05) is 0 Å². The summed E-state index contributed by atoms with van der Waals surface area (Å²) in [6.07, 6.45) is 0. The third-order valence-electron chi connectivity index (χ3n) is 2.07.